The molecule has 14 heteroatoms. The predicted octanol–water partition coefficient (Wildman–Crippen LogP) is 2.12. The third-order valence-corrected chi connectivity index (χ3v) is 6.69. The van der Waals surface area contributed by atoms with Gasteiger partial charge in [-0.2, -0.15) is 0 Å². The highest BCUT2D eigenvalue weighted by atomic mass is 35.5. The van der Waals surface area contributed by atoms with Crippen molar-refractivity contribution in [2.24, 2.45) is 0 Å². The summed E-state index contributed by atoms with van der Waals surface area (Å²) in [4.78, 5) is 36.7. The Morgan fingerprint density at radius 2 is 1.12 bits per heavy atom. The molecule has 2 aromatic rings. The standard InChI is InChI=1S/C26H26Cl2N6O6/c27-17(25-29-7-9-33(25)13-23(39)31-19-5-1-15(35)11-21(19)37)3-4-18(28)26-30-8-10-34(26)14-24(40)32-20-6-2-16(36)12-22(20)38/h1-2,5-12,17-18,35-38H,3-4,13-14H2,(H,31,39)(H,32,40)/q+2. The number of hydrogen-bond donors (Lipinski definition) is 6. The van der Waals surface area contributed by atoms with Gasteiger partial charge in [-0.05, 0) is 47.1 Å². The number of rotatable bonds is 11. The summed E-state index contributed by atoms with van der Waals surface area (Å²) in [6.45, 7) is -0.224. The molecule has 0 saturated heterocycles. The van der Waals surface area contributed by atoms with Gasteiger partial charge in [0, 0.05) is 12.1 Å². The zero-order valence-electron chi connectivity index (χ0n) is 20.9. The molecule has 0 aromatic heterocycles. The number of benzene rings is 2. The fourth-order valence-electron chi connectivity index (χ4n) is 3.96. The number of aliphatic imine (C=N–C) groups is 2. The summed E-state index contributed by atoms with van der Waals surface area (Å²) < 4.78 is 0. The normalized spacial score (nSPS) is 15.6. The second kappa shape index (κ2) is 12.6. The number of nitrogens with zero attached hydrogens (tertiary/aromatic N) is 4. The van der Waals surface area contributed by atoms with Crippen LogP contribution in [0.15, 0.2) is 61.2 Å². The van der Waals surface area contributed by atoms with Gasteiger partial charge in [0.05, 0.1) is 11.4 Å². The van der Waals surface area contributed by atoms with E-state index < -0.39 is 22.6 Å². The van der Waals surface area contributed by atoms with E-state index in [2.05, 4.69) is 20.6 Å². The molecule has 2 amide bonds. The van der Waals surface area contributed by atoms with Crippen LogP contribution < -0.4 is 20.6 Å². The van der Waals surface area contributed by atoms with Crippen molar-refractivity contribution in [3.63, 3.8) is 0 Å². The van der Waals surface area contributed by atoms with Crippen molar-refractivity contribution in [2.75, 3.05) is 23.7 Å². The Labute approximate surface area is 239 Å². The minimum atomic E-state index is -0.588. The molecule has 2 radical (unpaired) electrons. The number of carbonyl (C=O) groups is 2. The minimum absolute atomic E-state index is 0.112. The quantitative estimate of drug-likeness (QED) is 0.131. The molecule has 2 aliphatic heterocycles. The van der Waals surface area contributed by atoms with Gasteiger partial charge in [0.15, 0.2) is 25.5 Å². The highest BCUT2D eigenvalue weighted by Gasteiger charge is 2.37. The maximum atomic E-state index is 12.5. The molecule has 2 aromatic carbocycles. The van der Waals surface area contributed by atoms with Gasteiger partial charge < -0.3 is 31.1 Å². The number of hydrogen-bond acceptors (Lipinski definition) is 10. The number of anilines is 2. The largest absolute Gasteiger partial charge is 0.508 e. The molecular formula is C26H26Cl2N6O6+2. The topological polar surface area (TPSA) is 174 Å². The monoisotopic (exact) mass is 588 g/mol. The van der Waals surface area contributed by atoms with Crippen molar-refractivity contribution in [1.82, 2.24) is 19.8 Å². The Bertz CT molecular complexity index is 1310. The highest BCUT2D eigenvalue weighted by molar-refractivity contribution is 6.33. The van der Waals surface area contributed by atoms with Crippen molar-refractivity contribution in [3.8, 4) is 23.0 Å². The van der Waals surface area contributed by atoms with Crippen molar-refractivity contribution in [2.45, 2.75) is 23.6 Å². The Hall–Kier alpha value is -4.42. The second-order valence-corrected chi connectivity index (χ2v) is 9.89. The Morgan fingerprint density at radius 1 is 0.725 bits per heavy atom. The summed E-state index contributed by atoms with van der Waals surface area (Å²) in [7, 11) is 0. The third kappa shape index (κ3) is 7.16. The maximum Gasteiger partial charge on any atom is 0.317 e. The van der Waals surface area contributed by atoms with Crippen molar-refractivity contribution < 1.29 is 30.0 Å². The molecule has 0 fully saturated rings. The van der Waals surface area contributed by atoms with Gasteiger partial charge in [0.1, 0.15) is 46.2 Å². The van der Waals surface area contributed by atoms with Crippen LogP contribution in [0.2, 0.25) is 0 Å². The van der Waals surface area contributed by atoms with Gasteiger partial charge in [-0.15, -0.1) is 23.2 Å². The molecule has 12 nitrogen and oxygen atoms in total. The van der Waals surface area contributed by atoms with E-state index in [1.807, 2.05) is 0 Å². The number of amidine groups is 2. The van der Waals surface area contributed by atoms with E-state index in [0.29, 0.717) is 24.5 Å². The molecular weight excluding hydrogens is 563 g/mol. The summed E-state index contributed by atoms with van der Waals surface area (Å²) in [6.07, 6.45) is 7.02. The number of phenols is 4. The van der Waals surface area contributed by atoms with Crippen LogP contribution in [0.4, 0.5) is 11.4 Å². The van der Waals surface area contributed by atoms with E-state index in [0.717, 1.165) is 12.1 Å². The van der Waals surface area contributed by atoms with E-state index >= 15 is 0 Å². The van der Waals surface area contributed by atoms with Gasteiger partial charge in [-0.1, -0.05) is 0 Å². The van der Waals surface area contributed by atoms with Gasteiger partial charge in [0.25, 0.3) is 11.8 Å². The summed E-state index contributed by atoms with van der Waals surface area (Å²) in [5.41, 5.74) is 0.307. The molecule has 2 heterocycles. The lowest BCUT2D eigenvalue weighted by Gasteiger charge is -2.16. The Balaban J connectivity index is 1.26. The number of halogens is 2. The van der Waals surface area contributed by atoms with Gasteiger partial charge in [0.2, 0.25) is 0 Å². The number of phenolic OH excluding ortho intramolecular Hbond substituents is 4. The SMILES string of the molecule is O=C(CN1C=C[N+]=C1C(Cl)CCC(Cl)C1=[N+]C=CN1CC(=O)Nc1ccc(O)cc1O)Nc1ccc(O)cc1O. The number of carbonyl (C=O) groups excluding carboxylic acids is 2. The second-order valence-electron chi connectivity index (χ2n) is 8.84. The first-order valence-electron chi connectivity index (χ1n) is 12.0. The molecule has 4 rings (SSSR count). The average molecular weight is 589 g/mol. The molecule has 40 heavy (non-hydrogen) atoms. The fourth-order valence-corrected chi connectivity index (χ4v) is 4.58. The van der Waals surface area contributed by atoms with Crippen LogP contribution in [-0.2, 0) is 9.59 Å². The van der Waals surface area contributed by atoms with Crippen LogP contribution >= 0.6 is 23.2 Å². The lowest BCUT2D eigenvalue weighted by molar-refractivity contribution is -0.117. The Kier molecular flexibility index (Phi) is 9.02. The van der Waals surface area contributed by atoms with E-state index in [1.54, 1.807) is 22.2 Å². The molecule has 208 valence electrons. The molecule has 0 spiro atoms. The molecule has 2 unspecified atom stereocenters. The zero-order valence-corrected chi connectivity index (χ0v) is 22.4. The van der Waals surface area contributed by atoms with Crippen molar-refractivity contribution in [1.29, 1.82) is 0 Å². The van der Waals surface area contributed by atoms with E-state index in [1.165, 1.54) is 36.7 Å². The van der Waals surface area contributed by atoms with Crippen LogP contribution in [-0.4, -0.2) is 77.6 Å². The van der Waals surface area contributed by atoms with Crippen LogP contribution in [0.3, 0.4) is 0 Å². The summed E-state index contributed by atoms with van der Waals surface area (Å²) in [5.74, 6) is -0.751. The smallest absolute Gasteiger partial charge is 0.317 e. The average Bonchev–Trinajstić information content (AvgIpc) is 3.55. The van der Waals surface area contributed by atoms with Crippen LogP contribution in [0.5, 0.6) is 23.0 Å². The first-order chi connectivity index (χ1) is 19.1. The van der Waals surface area contributed by atoms with Gasteiger partial charge in [-0.25, -0.2) is 9.80 Å². The molecule has 0 saturated carbocycles. The molecule has 6 N–H and O–H groups in total. The Morgan fingerprint density at radius 3 is 1.50 bits per heavy atom. The molecule has 2 aliphatic rings. The van der Waals surface area contributed by atoms with E-state index in [-0.39, 0.29) is 47.5 Å². The minimum Gasteiger partial charge on any atom is -0.508 e. The number of alkyl halides is 2. The predicted molar refractivity (Wildman–Crippen MR) is 151 cm³/mol. The molecule has 0 bridgehead atoms. The van der Waals surface area contributed by atoms with Crippen molar-refractivity contribution >= 4 is 58.1 Å². The van der Waals surface area contributed by atoms with Gasteiger partial charge in [-0.3, -0.25) is 9.59 Å². The van der Waals surface area contributed by atoms with Crippen LogP contribution in [0, 0.1) is 0 Å². The lowest BCUT2D eigenvalue weighted by Crippen LogP contribution is -2.40. The number of nitrogens with one attached hydrogen (secondary N) is 2. The van der Waals surface area contributed by atoms with E-state index in [4.69, 9.17) is 23.2 Å². The fraction of sp³-hybridized carbons (Fsp3) is 0.231. The van der Waals surface area contributed by atoms with Gasteiger partial charge >= 0.3 is 11.7 Å². The number of amides is 2. The van der Waals surface area contributed by atoms with Crippen LogP contribution in [0.25, 0.3) is 0 Å². The highest BCUT2D eigenvalue weighted by Crippen LogP contribution is 2.28. The molecule has 2 atom stereocenters. The lowest BCUT2D eigenvalue weighted by atomic mass is 10.1. The number of aromatic hydroxyl groups is 4. The van der Waals surface area contributed by atoms with Crippen LogP contribution in [0.1, 0.15) is 12.8 Å². The third-order valence-electron chi connectivity index (χ3n) is 5.87. The molecule has 0 aliphatic carbocycles. The maximum absolute atomic E-state index is 12.5. The zero-order chi connectivity index (χ0) is 28.8. The first kappa shape index (κ1) is 28.6. The summed E-state index contributed by atoms with van der Waals surface area (Å²) in [6, 6.07) is 7.68. The summed E-state index contributed by atoms with van der Waals surface area (Å²) >= 11 is 13.2. The first-order valence-corrected chi connectivity index (χ1v) is 12.9. The van der Waals surface area contributed by atoms with Crippen molar-refractivity contribution in [3.05, 3.63) is 61.2 Å². The van der Waals surface area contributed by atoms with E-state index in [9.17, 15) is 30.0 Å². The summed E-state index contributed by atoms with van der Waals surface area (Å²) in [5, 5.41) is 42.6.